The molecule has 0 spiro atoms. The Balaban J connectivity index is 2.42. The molecule has 4 nitrogen and oxygen atoms in total. The summed E-state index contributed by atoms with van der Waals surface area (Å²) in [7, 11) is 0. The highest BCUT2D eigenvalue weighted by molar-refractivity contribution is 6.11. The number of rotatable bonds is 3. The summed E-state index contributed by atoms with van der Waals surface area (Å²) in [4.78, 5) is 25.3. The van der Waals surface area contributed by atoms with E-state index in [9.17, 15) is 9.59 Å². The largest absolute Gasteiger partial charge is 0.489 e. The third-order valence-corrected chi connectivity index (χ3v) is 5.59. The molecule has 1 aliphatic rings. The van der Waals surface area contributed by atoms with E-state index in [2.05, 4.69) is 27.7 Å². The van der Waals surface area contributed by atoms with Gasteiger partial charge in [0.2, 0.25) is 0 Å². The summed E-state index contributed by atoms with van der Waals surface area (Å²) in [6.45, 7) is 14.5. The molecular formula is C23H30O4. The Hall–Kier alpha value is -2.10. The summed E-state index contributed by atoms with van der Waals surface area (Å²) >= 11 is 0. The number of aryl methyl sites for hydroxylation is 2. The van der Waals surface area contributed by atoms with E-state index >= 15 is 0 Å². The fraction of sp³-hybridized carbons (Fsp3) is 0.565. The normalized spacial score (nSPS) is 17.1. The zero-order valence-electron chi connectivity index (χ0n) is 17.5. The molecule has 0 radical (unpaired) electrons. The van der Waals surface area contributed by atoms with E-state index in [-0.39, 0.29) is 22.9 Å². The summed E-state index contributed by atoms with van der Waals surface area (Å²) in [6, 6.07) is 0. The van der Waals surface area contributed by atoms with Gasteiger partial charge in [-0.2, -0.15) is 0 Å². The molecular weight excluding hydrogens is 340 g/mol. The van der Waals surface area contributed by atoms with Gasteiger partial charge in [-0.3, -0.25) is 4.79 Å². The first-order valence-electron chi connectivity index (χ1n) is 9.86. The minimum atomic E-state index is -0.366. The number of carbonyl (C=O) groups is 1. The minimum Gasteiger partial charge on any atom is -0.489 e. The van der Waals surface area contributed by atoms with E-state index in [0.29, 0.717) is 28.9 Å². The van der Waals surface area contributed by atoms with Crippen molar-refractivity contribution >= 4 is 16.8 Å². The molecule has 1 unspecified atom stereocenters. The molecule has 0 bridgehead atoms. The van der Waals surface area contributed by atoms with Crippen molar-refractivity contribution in [3.05, 3.63) is 38.2 Å². The molecule has 146 valence electrons. The predicted octanol–water partition coefficient (Wildman–Crippen LogP) is 5.30. The first-order chi connectivity index (χ1) is 12.5. The number of hydrogen-bond acceptors (Lipinski definition) is 4. The Labute approximate surface area is 160 Å². The average molecular weight is 370 g/mol. The van der Waals surface area contributed by atoms with E-state index < -0.39 is 0 Å². The van der Waals surface area contributed by atoms with E-state index in [1.807, 2.05) is 13.8 Å². The van der Waals surface area contributed by atoms with E-state index in [1.165, 1.54) is 0 Å². The van der Waals surface area contributed by atoms with Gasteiger partial charge in [0.05, 0.1) is 0 Å². The number of Topliss-reactive ketones (excluding diaryl/α,β-unsaturated/α-hetero) is 1. The zero-order chi connectivity index (χ0) is 20.1. The van der Waals surface area contributed by atoms with Gasteiger partial charge in [-0.1, -0.05) is 27.7 Å². The van der Waals surface area contributed by atoms with Gasteiger partial charge < -0.3 is 9.15 Å². The van der Waals surface area contributed by atoms with Gasteiger partial charge in [-0.15, -0.1) is 0 Å². The second-order valence-corrected chi connectivity index (χ2v) is 8.97. The van der Waals surface area contributed by atoms with Gasteiger partial charge in [0.1, 0.15) is 17.4 Å². The molecule has 2 aromatic rings. The van der Waals surface area contributed by atoms with Gasteiger partial charge in [0.25, 0.3) is 0 Å². The number of hydrogen-bond donors (Lipinski definition) is 0. The quantitative estimate of drug-likeness (QED) is 0.688. The molecule has 0 N–H and O–H groups in total. The van der Waals surface area contributed by atoms with Crippen LogP contribution in [-0.2, 0) is 12.8 Å². The third-order valence-electron chi connectivity index (χ3n) is 5.59. The molecule has 4 heteroatoms. The van der Waals surface area contributed by atoms with Gasteiger partial charge in [0.15, 0.2) is 11.4 Å². The van der Waals surface area contributed by atoms with Crippen LogP contribution in [0.25, 0.3) is 11.0 Å². The van der Waals surface area contributed by atoms with Crippen LogP contribution < -0.4 is 10.4 Å². The molecule has 2 heterocycles. The van der Waals surface area contributed by atoms with Crippen LogP contribution in [0.2, 0.25) is 0 Å². The lowest BCUT2D eigenvalue weighted by Gasteiger charge is -2.28. The number of benzene rings is 1. The number of ether oxygens (including phenoxy) is 1. The molecule has 1 aromatic carbocycles. The number of ketones is 1. The fourth-order valence-corrected chi connectivity index (χ4v) is 4.05. The van der Waals surface area contributed by atoms with Crippen molar-refractivity contribution in [2.45, 2.75) is 80.3 Å². The van der Waals surface area contributed by atoms with Crippen LogP contribution in [0, 0.1) is 19.3 Å². The topological polar surface area (TPSA) is 56.5 Å². The van der Waals surface area contributed by atoms with Crippen LogP contribution in [0.5, 0.6) is 5.75 Å². The molecule has 1 atom stereocenters. The maximum atomic E-state index is 12.9. The van der Waals surface area contributed by atoms with E-state index in [0.717, 1.165) is 41.3 Å². The van der Waals surface area contributed by atoms with E-state index in [4.69, 9.17) is 9.15 Å². The summed E-state index contributed by atoms with van der Waals surface area (Å²) < 4.78 is 11.8. The highest BCUT2D eigenvalue weighted by Gasteiger charge is 2.33. The summed E-state index contributed by atoms with van der Waals surface area (Å²) in [5.74, 6) is 0.627. The maximum absolute atomic E-state index is 12.9. The van der Waals surface area contributed by atoms with Crippen molar-refractivity contribution < 1.29 is 13.9 Å². The zero-order valence-corrected chi connectivity index (χ0v) is 17.5. The lowest BCUT2D eigenvalue weighted by Crippen LogP contribution is -2.26. The Morgan fingerprint density at radius 1 is 1.07 bits per heavy atom. The highest BCUT2D eigenvalue weighted by atomic mass is 16.5. The van der Waals surface area contributed by atoms with Crippen molar-refractivity contribution in [3.63, 3.8) is 0 Å². The van der Waals surface area contributed by atoms with Gasteiger partial charge >= 0.3 is 5.63 Å². The molecule has 27 heavy (non-hydrogen) atoms. The fourth-order valence-electron chi connectivity index (χ4n) is 4.05. The van der Waals surface area contributed by atoms with Gasteiger partial charge in [0, 0.05) is 17.4 Å². The highest BCUT2D eigenvalue weighted by Crippen LogP contribution is 2.42. The SMILES string of the molecule is CCc1c(C)c(=O)oc2c3c(c(CCC(C)(C)C)c(C)c12)OC(C)CC3=O. The lowest BCUT2D eigenvalue weighted by molar-refractivity contribution is 0.0869. The third kappa shape index (κ3) is 3.42. The smallest absolute Gasteiger partial charge is 0.339 e. The summed E-state index contributed by atoms with van der Waals surface area (Å²) in [5.41, 5.74) is 4.43. The average Bonchev–Trinajstić information content (AvgIpc) is 2.54. The van der Waals surface area contributed by atoms with Gasteiger partial charge in [-0.05, 0) is 62.1 Å². The van der Waals surface area contributed by atoms with Crippen molar-refractivity contribution in [1.29, 1.82) is 0 Å². The Morgan fingerprint density at radius 3 is 2.33 bits per heavy atom. The molecule has 3 rings (SSSR count). The van der Waals surface area contributed by atoms with Crippen LogP contribution in [-0.4, -0.2) is 11.9 Å². The predicted molar refractivity (Wildman–Crippen MR) is 108 cm³/mol. The van der Waals surface area contributed by atoms with E-state index in [1.54, 1.807) is 6.92 Å². The Morgan fingerprint density at radius 2 is 1.74 bits per heavy atom. The van der Waals surface area contributed by atoms with Crippen LogP contribution >= 0.6 is 0 Å². The second-order valence-electron chi connectivity index (χ2n) is 8.97. The lowest BCUT2D eigenvalue weighted by atomic mass is 9.83. The molecule has 0 amide bonds. The van der Waals surface area contributed by atoms with Crippen molar-refractivity contribution in [2.24, 2.45) is 5.41 Å². The van der Waals surface area contributed by atoms with Crippen molar-refractivity contribution in [1.82, 2.24) is 0 Å². The molecule has 0 saturated heterocycles. The molecule has 0 fully saturated rings. The molecule has 0 aliphatic carbocycles. The first kappa shape index (κ1) is 19.7. The van der Waals surface area contributed by atoms with Gasteiger partial charge in [-0.25, -0.2) is 4.79 Å². The molecule has 0 saturated carbocycles. The number of fused-ring (bicyclic) bond motifs is 3. The molecule has 1 aromatic heterocycles. The summed E-state index contributed by atoms with van der Waals surface area (Å²) in [6.07, 6.45) is 2.67. The monoisotopic (exact) mass is 370 g/mol. The Kier molecular flexibility index (Phi) is 4.96. The maximum Gasteiger partial charge on any atom is 0.339 e. The van der Waals surface area contributed by atoms with Crippen molar-refractivity contribution in [2.75, 3.05) is 0 Å². The number of carbonyl (C=O) groups excluding carboxylic acids is 1. The molecule has 1 aliphatic heterocycles. The minimum absolute atomic E-state index is 0.000171. The summed E-state index contributed by atoms with van der Waals surface area (Å²) in [5, 5.41) is 0.920. The van der Waals surface area contributed by atoms with Crippen LogP contribution in [0.4, 0.5) is 0 Å². The van der Waals surface area contributed by atoms with Crippen molar-refractivity contribution in [3.8, 4) is 5.75 Å². The standard InChI is InChI=1S/C23H30O4/c1-8-15-14(4)22(25)27-21-18(15)13(3)16(9-10-23(5,6)7)20-19(21)17(24)11-12(2)26-20/h12H,8-11H2,1-7H3. The van der Waals surface area contributed by atoms with Crippen LogP contribution in [0.15, 0.2) is 9.21 Å². The van der Waals surface area contributed by atoms with Crippen LogP contribution in [0.3, 0.4) is 0 Å². The second kappa shape index (κ2) is 6.81. The van der Waals surface area contributed by atoms with Crippen LogP contribution in [0.1, 0.15) is 80.1 Å². The first-order valence-corrected chi connectivity index (χ1v) is 9.86. The Bertz CT molecular complexity index is 973.